The third-order valence-corrected chi connectivity index (χ3v) is 5.78. The van der Waals surface area contributed by atoms with E-state index in [2.05, 4.69) is 66.1 Å². The van der Waals surface area contributed by atoms with E-state index in [0.717, 1.165) is 33.4 Å². The fraction of sp³-hybridized carbons (Fsp3) is 0.0909. The second-order valence-electron chi connectivity index (χ2n) is 7.00. The van der Waals surface area contributed by atoms with Crippen LogP contribution in [0.3, 0.4) is 0 Å². The summed E-state index contributed by atoms with van der Waals surface area (Å²) in [7, 11) is 0. The molecule has 4 N–H and O–H groups in total. The molecule has 0 radical (unpaired) electrons. The van der Waals surface area contributed by atoms with Gasteiger partial charge < -0.3 is 20.6 Å². The van der Waals surface area contributed by atoms with Crippen LogP contribution in [0.1, 0.15) is 0 Å². The van der Waals surface area contributed by atoms with Crippen LogP contribution in [0.4, 0.5) is 11.4 Å². The van der Waals surface area contributed by atoms with Crippen molar-refractivity contribution in [1.29, 1.82) is 0 Å². The summed E-state index contributed by atoms with van der Waals surface area (Å²) in [6, 6.07) is 24.4. The highest BCUT2D eigenvalue weighted by Crippen LogP contribution is 2.18. The molecule has 6 nitrogen and oxygen atoms in total. The summed E-state index contributed by atoms with van der Waals surface area (Å²) in [6.07, 6.45) is 0. The number of anilines is 2. The van der Waals surface area contributed by atoms with Crippen molar-refractivity contribution < 1.29 is 0 Å². The number of fused-ring (bicyclic) bond motifs is 2. The molecule has 2 heterocycles. The predicted octanol–water partition coefficient (Wildman–Crippen LogP) is 5.85. The number of nitrogens with one attached hydrogen (secondary N) is 4. The zero-order valence-corrected chi connectivity index (χ0v) is 17.7. The Kier molecular flexibility index (Phi) is 4.86. The molecule has 8 heteroatoms. The van der Waals surface area contributed by atoms with E-state index < -0.39 is 0 Å². The van der Waals surface area contributed by atoms with E-state index in [1.807, 2.05) is 36.4 Å². The summed E-state index contributed by atoms with van der Waals surface area (Å²) in [6.45, 7) is 1.19. The first kappa shape index (κ1) is 18.7. The van der Waals surface area contributed by atoms with Crippen molar-refractivity contribution in [2.75, 3.05) is 10.6 Å². The average Bonchev–Trinajstić information content (AvgIpc) is 3.26. The van der Waals surface area contributed by atoms with Crippen molar-refractivity contribution in [2.45, 2.75) is 13.3 Å². The van der Waals surface area contributed by atoms with Gasteiger partial charge in [-0.2, -0.15) is 0 Å². The first-order valence-electron chi connectivity index (χ1n) is 9.62. The number of imidazole rings is 2. The Morgan fingerprint density at radius 3 is 1.43 bits per heavy atom. The van der Waals surface area contributed by atoms with Gasteiger partial charge in [-0.25, -0.2) is 0 Å². The van der Waals surface area contributed by atoms with Crippen LogP contribution in [0.25, 0.3) is 22.1 Å². The Hall–Kier alpha value is -3.36. The summed E-state index contributed by atoms with van der Waals surface area (Å²) in [5.41, 5.74) is 6.31. The van der Waals surface area contributed by atoms with E-state index >= 15 is 0 Å². The average molecular weight is 433 g/mol. The van der Waals surface area contributed by atoms with E-state index in [1.54, 1.807) is 0 Å². The standard InChI is InChI=1S/C22H20N6S2/c29-21-25-17-5-1-3-7-19(17)27(21)13-23-15-9-11-16(12-10-15)24-14-28-20-8-4-2-6-18(20)26-22(28)30/h1-12,23-24H,13-14H2,(H,25,29)(H,26,30). The maximum Gasteiger partial charge on any atom is 0.179 e. The molecule has 0 unspecified atom stereocenters. The van der Waals surface area contributed by atoms with Gasteiger partial charge in [-0.1, -0.05) is 24.3 Å². The maximum atomic E-state index is 5.45. The second kappa shape index (κ2) is 7.81. The van der Waals surface area contributed by atoms with Crippen molar-refractivity contribution in [1.82, 2.24) is 19.1 Å². The van der Waals surface area contributed by atoms with Gasteiger partial charge in [-0.05, 0) is 73.0 Å². The summed E-state index contributed by atoms with van der Waals surface area (Å²) >= 11 is 10.9. The van der Waals surface area contributed by atoms with Crippen molar-refractivity contribution in [3.05, 3.63) is 82.3 Å². The minimum absolute atomic E-state index is 0.597. The molecular weight excluding hydrogens is 412 g/mol. The molecular formula is C22H20N6S2. The Morgan fingerprint density at radius 1 is 0.600 bits per heavy atom. The fourth-order valence-corrected chi connectivity index (χ4v) is 4.12. The zero-order valence-electron chi connectivity index (χ0n) is 16.1. The van der Waals surface area contributed by atoms with Crippen LogP contribution in [0, 0.1) is 9.54 Å². The molecule has 30 heavy (non-hydrogen) atoms. The summed E-state index contributed by atoms with van der Waals surface area (Å²) in [5, 5.41) is 6.86. The van der Waals surface area contributed by atoms with E-state index in [9.17, 15) is 0 Å². The summed E-state index contributed by atoms with van der Waals surface area (Å²) < 4.78 is 5.51. The van der Waals surface area contributed by atoms with Crippen molar-refractivity contribution >= 4 is 57.9 Å². The van der Waals surface area contributed by atoms with Crippen molar-refractivity contribution in [3.63, 3.8) is 0 Å². The fourth-order valence-electron chi connectivity index (χ4n) is 3.57. The van der Waals surface area contributed by atoms with Gasteiger partial charge in [0, 0.05) is 11.4 Å². The van der Waals surface area contributed by atoms with Crippen LogP contribution in [0.5, 0.6) is 0 Å². The highest BCUT2D eigenvalue weighted by molar-refractivity contribution is 7.71. The lowest BCUT2D eigenvalue weighted by Gasteiger charge is -2.11. The molecule has 0 aliphatic carbocycles. The van der Waals surface area contributed by atoms with Gasteiger partial charge in [0.15, 0.2) is 9.54 Å². The molecule has 0 fully saturated rings. The molecule has 150 valence electrons. The molecule has 2 aromatic heterocycles. The van der Waals surface area contributed by atoms with Crippen LogP contribution in [0.15, 0.2) is 72.8 Å². The van der Waals surface area contributed by atoms with Crippen LogP contribution in [-0.2, 0) is 13.3 Å². The van der Waals surface area contributed by atoms with Crippen LogP contribution >= 0.6 is 24.4 Å². The van der Waals surface area contributed by atoms with Crippen LogP contribution < -0.4 is 10.6 Å². The molecule has 3 aromatic carbocycles. The Bertz CT molecular complexity index is 1330. The lowest BCUT2D eigenvalue weighted by Crippen LogP contribution is -2.09. The van der Waals surface area contributed by atoms with Gasteiger partial charge in [0.1, 0.15) is 0 Å². The molecule has 0 amide bonds. The number of para-hydroxylation sites is 4. The third-order valence-electron chi connectivity index (χ3n) is 5.13. The van der Waals surface area contributed by atoms with E-state index in [4.69, 9.17) is 24.4 Å². The number of hydrogen-bond donors (Lipinski definition) is 4. The lowest BCUT2D eigenvalue weighted by atomic mass is 10.3. The van der Waals surface area contributed by atoms with Gasteiger partial charge >= 0.3 is 0 Å². The largest absolute Gasteiger partial charge is 0.367 e. The van der Waals surface area contributed by atoms with E-state index in [-0.39, 0.29) is 0 Å². The quantitative estimate of drug-likeness (QED) is 0.254. The molecule has 0 saturated heterocycles. The molecule has 0 aliphatic heterocycles. The van der Waals surface area contributed by atoms with E-state index in [1.165, 1.54) is 0 Å². The smallest absolute Gasteiger partial charge is 0.179 e. The number of rotatable bonds is 6. The molecule has 0 bridgehead atoms. The molecule has 0 saturated carbocycles. The van der Waals surface area contributed by atoms with Gasteiger partial charge in [-0.15, -0.1) is 0 Å². The summed E-state index contributed by atoms with van der Waals surface area (Å²) in [4.78, 5) is 6.47. The SMILES string of the molecule is S=c1[nH]c2ccccc2n1CNc1ccc(NCn2c(=S)[nH]c3ccccc32)cc1. The van der Waals surface area contributed by atoms with Crippen LogP contribution in [0.2, 0.25) is 0 Å². The lowest BCUT2D eigenvalue weighted by molar-refractivity contribution is 0.785. The maximum absolute atomic E-state index is 5.45. The molecule has 5 aromatic rings. The molecule has 0 spiro atoms. The van der Waals surface area contributed by atoms with Gasteiger partial charge in [-0.3, -0.25) is 9.13 Å². The predicted molar refractivity (Wildman–Crippen MR) is 128 cm³/mol. The second-order valence-corrected chi connectivity index (χ2v) is 7.77. The Labute approximate surface area is 183 Å². The highest BCUT2D eigenvalue weighted by Gasteiger charge is 2.05. The zero-order chi connectivity index (χ0) is 20.5. The number of aromatic nitrogens is 4. The van der Waals surface area contributed by atoms with Crippen molar-refractivity contribution in [3.8, 4) is 0 Å². The Balaban J connectivity index is 1.26. The topological polar surface area (TPSA) is 65.5 Å². The molecule has 0 atom stereocenters. The minimum atomic E-state index is 0.597. The van der Waals surface area contributed by atoms with E-state index in [0.29, 0.717) is 22.9 Å². The first-order chi connectivity index (χ1) is 14.7. The first-order valence-corrected chi connectivity index (χ1v) is 10.4. The minimum Gasteiger partial charge on any atom is -0.367 e. The number of nitrogens with zero attached hydrogens (tertiary/aromatic N) is 2. The highest BCUT2D eigenvalue weighted by atomic mass is 32.1. The number of aromatic amines is 2. The monoisotopic (exact) mass is 432 g/mol. The van der Waals surface area contributed by atoms with Crippen LogP contribution in [-0.4, -0.2) is 19.1 Å². The molecule has 5 rings (SSSR count). The number of benzene rings is 3. The normalized spacial score (nSPS) is 11.2. The van der Waals surface area contributed by atoms with Gasteiger partial charge in [0.05, 0.1) is 35.4 Å². The molecule has 0 aliphatic rings. The Morgan fingerprint density at radius 2 is 1.00 bits per heavy atom. The number of H-pyrrole nitrogens is 2. The van der Waals surface area contributed by atoms with Gasteiger partial charge in [0.2, 0.25) is 0 Å². The summed E-state index contributed by atoms with van der Waals surface area (Å²) in [5.74, 6) is 0. The number of hydrogen-bond acceptors (Lipinski definition) is 4. The van der Waals surface area contributed by atoms with Crippen molar-refractivity contribution in [2.24, 2.45) is 0 Å². The van der Waals surface area contributed by atoms with Gasteiger partial charge in [0.25, 0.3) is 0 Å². The third kappa shape index (κ3) is 3.51.